The lowest BCUT2D eigenvalue weighted by atomic mass is 9.66. The molecule has 4 nitrogen and oxygen atoms in total. The van der Waals surface area contributed by atoms with Crippen molar-refractivity contribution in [3.8, 4) is 0 Å². The monoisotopic (exact) mass is 255 g/mol. The lowest BCUT2D eigenvalue weighted by molar-refractivity contribution is -0.131. The third-order valence-corrected chi connectivity index (χ3v) is 4.25. The van der Waals surface area contributed by atoms with E-state index in [1.165, 1.54) is 19.3 Å². The van der Waals surface area contributed by atoms with E-state index in [2.05, 4.69) is 5.32 Å². The fourth-order valence-electron chi connectivity index (χ4n) is 2.80. The van der Waals surface area contributed by atoms with E-state index in [-0.39, 0.29) is 12.0 Å². The zero-order valence-electron chi connectivity index (χ0n) is 11.4. The van der Waals surface area contributed by atoms with Gasteiger partial charge >= 0.3 is 0 Å². The van der Waals surface area contributed by atoms with Crippen LogP contribution < -0.4 is 5.32 Å². The smallest absolute Gasteiger partial charge is 0.249 e. The molecule has 0 radical (unpaired) electrons. The molecule has 0 aromatic rings. The Labute approximate surface area is 109 Å². The van der Waals surface area contributed by atoms with E-state index in [1.807, 2.05) is 6.92 Å². The number of hydrogen-bond acceptors (Lipinski definition) is 3. The summed E-state index contributed by atoms with van der Waals surface area (Å²) in [5.74, 6) is 0.0789. The molecular weight excluding hydrogens is 230 g/mol. The van der Waals surface area contributed by atoms with Crippen molar-refractivity contribution in [2.45, 2.75) is 51.6 Å². The normalized spacial score (nSPS) is 25.7. The minimum Gasteiger partial charge on any atom is -0.382 e. The van der Waals surface area contributed by atoms with Crippen LogP contribution in [0.25, 0.3) is 0 Å². The molecule has 1 atom stereocenters. The SMILES string of the molecule is CCOCCC1(CNC(=O)[C@@H]2CCCO2)CCC1. The molecule has 1 amide bonds. The molecule has 2 fully saturated rings. The lowest BCUT2D eigenvalue weighted by Gasteiger charge is -2.42. The second-order valence-electron chi connectivity index (χ2n) is 5.52. The van der Waals surface area contributed by atoms with Gasteiger partial charge in [-0.1, -0.05) is 6.42 Å². The lowest BCUT2D eigenvalue weighted by Crippen LogP contribution is -2.45. The summed E-state index contributed by atoms with van der Waals surface area (Å²) in [5, 5.41) is 3.07. The molecule has 1 N–H and O–H groups in total. The molecule has 0 spiro atoms. The minimum atomic E-state index is -0.200. The minimum absolute atomic E-state index is 0.0789. The van der Waals surface area contributed by atoms with Crippen molar-refractivity contribution in [1.82, 2.24) is 5.32 Å². The molecule has 0 bridgehead atoms. The fourth-order valence-corrected chi connectivity index (χ4v) is 2.80. The first-order valence-electron chi connectivity index (χ1n) is 7.23. The number of carbonyl (C=O) groups excluding carboxylic acids is 1. The molecule has 0 aromatic heterocycles. The molecule has 18 heavy (non-hydrogen) atoms. The van der Waals surface area contributed by atoms with Crippen molar-refractivity contribution in [1.29, 1.82) is 0 Å². The van der Waals surface area contributed by atoms with Crippen molar-refractivity contribution < 1.29 is 14.3 Å². The van der Waals surface area contributed by atoms with Crippen LogP contribution in [0.15, 0.2) is 0 Å². The van der Waals surface area contributed by atoms with Gasteiger partial charge in [0.15, 0.2) is 0 Å². The molecule has 1 aliphatic carbocycles. The number of ether oxygens (including phenoxy) is 2. The number of rotatable bonds is 7. The zero-order chi connectivity index (χ0) is 12.8. The number of amides is 1. The Hall–Kier alpha value is -0.610. The van der Waals surface area contributed by atoms with Gasteiger partial charge in [0.25, 0.3) is 0 Å². The maximum absolute atomic E-state index is 11.9. The Balaban J connectivity index is 1.70. The molecule has 4 heteroatoms. The van der Waals surface area contributed by atoms with Gasteiger partial charge in [0.1, 0.15) is 6.10 Å². The Morgan fingerprint density at radius 3 is 2.83 bits per heavy atom. The molecule has 0 unspecified atom stereocenters. The molecular formula is C14H25NO3. The van der Waals surface area contributed by atoms with Crippen LogP contribution >= 0.6 is 0 Å². The molecule has 1 saturated heterocycles. The zero-order valence-corrected chi connectivity index (χ0v) is 11.4. The van der Waals surface area contributed by atoms with Crippen LogP contribution in [-0.4, -0.2) is 38.4 Å². The maximum Gasteiger partial charge on any atom is 0.249 e. The second-order valence-corrected chi connectivity index (χ2v) is 5.52. The predicted octanol–water partition coefficient (Wildman–Crippen LogP) is 1.88. The number of nitrogens with one attached hydrogen (secondary N) is 1. The Bertz CT molecular complexity index is 270. The van der Waals surface area contributed by atoms with Crippen LogP contribution in [0.5, 0.6) is 0 Å². The summed E-state index contributed by atoms with van der Waals surface area (Å²) >= 11 is 0. The van der Waals surface area contributed by atoms with Crippen molar-refractivity contribution in [3.63, 3.8) is 0 Å². The van der Waals surface area contributed by atoms with Crippen LogP contribution in [0, 0.1) is 5.41 Å². The summed E-state index contributed by atoms with van der Waals surface area (Å²) in [7, 11) is 0. The quantitative estimate of drug-likeness (QED) is 0.707. The second kappa shape index (κ2) is 6.53. The van der Waals surface area contributed by atoms with Crippen molar-refractivity contribution in [3.05, 3.63) is 0 Å². The third kappa shape index (κ3) is 3.45. The Morgan fingerprint density at radius 1 is 1.44 bits per heavy atom. The highest BCUT2D eigenvalue weighted by Gasteiger charge is 2.37. The molecule has 2 rings (SSSR count). The van der Waals surface area contributed by atoms with E-state index in [1.54, 1.807) is 0 Å². The van der Waals surface area contributed by atoms with Crippen LogP contribution in [0.2, 0.25) is 0 Å². The summed E-state index contributed by atoms with van der Waals surface area (Å²) in [6, 6.07) is 0. The molecule has 2 aliphatic rings. The van der Waals surface area contributed by atoms with Crippen molar-refractivity contribution in [2.75, 3.05) is 26.4 Å². The van der Waals surface area contributed by atoms with Crippen LogP contribution in [0.3, 0.4) is 0 Å². The third-order valence-electron chi connectivity index (χ3n) is 4.25. The summed E-state index contributed by atoms with van der Waals surface area (Å²) in [6.07, 6.45) is 6.45. The first kappa shape index (κ1) is 13.8. The van der Waals surface area contributed by atoms with Gasteiger partial charge in [0, 0.05) is 26.4 Å². The van der Waals surface area contributed by atoms with Gasteiger partial charge in [-0.25, -0.2) is 0 Å². The highest BCUT2D eigenvalue weighted by atomic mass is 16.5. The van der Waals surface area contributed by atoms with Gasteiger partial charge in [-0.3, -0.25) is 4.79 Å². The largest absolute Gasteiger partial charge is 0.382 e. The van der Waals surface area contributed by atoms with E-state index < -0.39 is 0 Å². The van der Waals surface area contributed by atoms with Gasteiger partial charge in [0.05, 0.1) is 0 Å². The number of carbonyl (C=O) groups is 1. The summed E-state index contributed by atoms with van der Waals surface area (Å²) < 4.78 is 10.8. The number of hydrogen-bond donors (Lipinski definition) is 1. The summed E-state index contributed by atoms with van der Waals surface area (Å²) in [4.78, 5) is 11.9. The van der Waals surface area contributed by atoms with Crippen molar-refractivity contribution >= 4 is 5.91 Å². The predicted molar refractivity (Wildman–Crippen MR) is 69.4 cm³/mol. The van der Waals surface area contributed by atoms with Crippen LogP contribution in [0.1, 0.15) is 45.4 Å². The van der Waals surface area contributed by atoms with Gasteiger partial charge in [-0.2, -0.15) is 0 Å². The maximum atomic E-state index is 11.9. The highest BCUT2D eigenvalue weighted by Crippen LogP contribution is 2.43. The highest BCUT2D eigenvalue weighted by molar-refractivity contribution is 5.81. The molecule has 1 saturated carbocycles. The fraction of sp³-hybridized carbons (Fsp3) is 0.929. The standard InChI is InChI=1S/C14H25NO3/c1-2-17-10-8-14(6-4-7-14)11-15-13(16)12-5-3-9-18-12/h12H,2-11H2,1H3,(H,15,16)/t12-/m0/s1. The van der Waals surface area contributed by atoms with E-state index in [9.17, 15) is 4.79 Å². The van der Waals surface area contributed by atoms with E-state index >= 15 is 0 Å². The van der Waals surface area contributed by atoms with Crippen LogP contribution in [-0.2, 0) is 14.3 Å². The summed E-state index contributed by atoms with van der Waals surface area (Å²) in [5.41, 5.74) is 0.295. The van der Waals surface area contributed by atoms with Gasteiger partial charge < -0.3 is 14.8 Å². The Kier molecular flexibility index (Phi) is 5.01. The van der Waals surface area contributed by atoms with Crippen LogP contribution in [0.4, 0.5) is 0 Å². The van der Waals surface area contributed by atoms with E-state index in [0.717, 1.165) is 45.6 Å². The first-order chi connectivity index (χ1) is 8.76. The van der Waals surface area contributed by atoms with Crippen molar-refractivity contribution in [2.24, 2.45) is 5.41 Å². The molecule has 1 heterocycles. The van der Waals surface area contributed by atoms with E-state index in [4.69, 9.17) is 9.47 Å². The Morgan fingerprint density at radius 2 is 2.28 bits per heavy atom. The van der Waals surface area contributed by atoms with Gasteiger partial charge in [0.2, 0.25) is 5.91 Å². The molecule has 1 aliphatic heterocycles. The van der Waals surface area contributed by atoms with Gasteiger partial charge in [-0.05, 0) is 44.4 Å². The average Bonchev–Trinajstić information content (AvgIpc) is 2.85. The first-order valence-corrected chi connectivity index (χ1v) is 7.23. The van der Waals surface area contributed by atoms with Gasteiger partial charge in [-0.15, -0.1) is 0 Å². The van der Waals surface area contributed by atoms with E-state index in [0.29, 0.717) is 5.41 Å². The molecule has 0 aromatic carbocycles. The molecule has 104 valence electrons. The summed E-state index contributed by atoms with van der Waals surface area (Å²) in [6.45, 7) is 5.13. The topological polar surface area (TPSA) is 47.6 Å². The average molecular weight is 255 g/mol.